The van der Waals surface area contributed by atoms with Crippen LogP contribution in [0, 0.1) is 0 Å². The van der Waals surface area contributed by atoms with Gasteiger partial charge in [0, 0.05) is 21.3 Å². The SMILES string of the molecule is CO.CO.CO.O=CC(=O)C=O. The van der Waals surface area contributed by atoms with E-state index in [0.29, 0.717) is 0 Å². The van der Waals surface area contributed by atoms with Crippen molar-refractivity contribution in [2.24, 2.45) is 0 Å². The Bertz CT molecular complexity index is 80.0. The van der Waals surface area contributed by atoms with Crippen LogP contribution in [0.5, 0.6) is 0 Å². The van der Waals surface area contributed by atoms with E-state index in [1.165, 1.54) is 0 Å². The summed E-state index contributed by atoms with van der Waals surface area (Å²) in [4.78, 5) is 27.8. The summed E-state index contributed by atoms with van der Waals surface area (Å²) in [5.41, 5.74) is 0. The number of carbonyl (C=O) groups excluding carboxylic acids is 3. The normalized spacial score (nSPS) is 4.83. The molecule has 12 heavy (non-hydrogen) atoms. The van der Waals surface area contributed by atoms with Crippen LogP contribution in [0.3, 0.4) is 0 Å². The Morgan fingerprint density at radius 1 is 0.833 bits per heavy atom. The van der Waals surface area contributed by atoms with Gasteiger partial charge in [0.1, 0.15) is 0 Å². The molecule has 0 bridgehead atoms. The van der Waals surface area contributed by atoms with Gasteiger partial charge in [-0.1, -0.05) is 0 Å². The molecule has 0 radical (unpaired) electrons. The number of aliphatic hydroxyl groups excluding tert-OH is 3. The molecule has 0 aliphatic carbocycles. The molecule has 0 heterocycles. The second kappa shape index (κ2) is 51.7. The maximum Gasteiger partial charge on any atom is 0.257 e. The largest absolute Gasteiger partial charge is 0.400 e. The third-order valence-corrected chi connectivity index (χ3v) is 0.232. The predicted octanol–water partition coefficient (Wildman–Crippen LogP) is -2.22. The Kier molecular flexibility index (Phi) is 96.6. The molecular formula is C6H14O6. The zero-order valence-electron chi connectivity index (χ0n) is 7.22. The molecule has 0 unspecified atom stereocenters. The van der Waals surface area contributed by atoms with Crippen molar-refractivity contribution >= 4 is 18.4 Å². The molecule has 3 N–H and O–H groups in total. The number of aliphatic hydroxyl groups is 3. The smallest absolute Gasteiger partial charge is 0.257 e. The highest BCUT2D eigenvalue weighted by molar-refractivity contribution is 6.50. The van der Waals surface area contributed by atoms with Crippen LogP contribution in [-0.4, -0.2) is 55.0 Å². The van der Waals surface area contributed by atoms with Crippen molar-refractivity contribution in [1.82, 2.24) is 0 Å². The number of ketones is 1. The number of aldehydes is 2. The number of hydrogen-bond donors (Lipinski definition) is 3. The van der Waals surface area contributed by atoms with E-state index in [4.69, 9.17) is 24.9 Å². The third-order valence-electron chi connectivity index (χ3n) is 0.232. The Hall–Kier alpha value is -1.11. The van der Waals surface area contributed by atoms with Crippen LogP contribution in [0.1, 0.15) is 0 Å². The number of carbonyl (C=O) groups is 3. The summed E-state index contributed by atoms with van der Waals surface area (Å²) in [5.74, 6) is -1.02. The summed E-state index contributed by atoms with van der Waals surface area (Å²) in [5, 5.41) is 21.0. The third kappa shape index (κ3) is 66.3. The average Bonchev–Trinajstić information content (AvgIpc) is 2.25. The van der Waals surface area contributed by atoms with Gasteiger partial charge >= 0.3 is 0 Å². The van der Waals surface area contributed by atoms with Gasteiger partial charge in [-0.25, -0.2) is 0 Å². The number of rotatable bonds is 2. The van der Waals surface area contributed by atoms with Gasteiger partial charge in [-0.05, 0) is 0 Å². The van der Waals surface area contributed by atoms with Crippen molar-refractivity contribution in [2.75, 3.05) is 21.3 Å². The minimum atomic E-state index is -1.02. The standard InChI is InChI=1S/C3H2O3.3CH4O/c4-1-3(6)2-5;3*1-2/h1-2H;3*2H,1H3. The lowest BCUT2D eigenvalue weighted by Crippen LogP contribution is -1.97. The Labute approximate surface area is 70.4 Å². The van der Waals surface area contributed by atoms with Gasteiger partial charge in [0.2, 0.25) is 0 Å². The summed E-state index contributed by atoms with van der Waals surface area (Å²) in [6.07, 6.45) is -0.0694. The quantitative estimate of drug-likeness (QED) is 0.253. The highest BCUT2D eigenvalue weighted by Crippen LogP contribution is 1.45. The zero-order valence-corrected chi connectivity index (χ0v) is 7.22. The van der Waals surface area contributed by atoms with Crippen LogP contribution in [-0.2, 0) is 14.4 Å². The lowest BCUT2D eigenvalue weighted by atomic mass is 10.5. The Morgan fingerprint density at radius 2 is 1.00 bits per heavy atom. The van der Waals surface area contributed by atoms with E-state index in [-0.39, 0.29) is 12.6 Å². The fourth-order valence-electron chi connectivity index (χ4n) is 0.0278. The predicted molar refractivity (Wildman–Crippen MR) is 41.6 cm³/mol. The molecule has 0 saturated carbocycles. The minimum absolute atomic E-state index is 0.0347. The first kappa shape index (κ1) is 22.4. The summed E-state index contributed by atoms with van der Waals surface area (Å²) < 4.78 is 0. The van der Waals surface area contributed by atoms with Crippen molar-refractivity contribution in [1.29, 1.82) is 0 Å². The first-order valence-electron chi connectivity index (χ1n) is 2.59. The maximum atomic E-state index is 9.44. The summed E-state index contributed by atoms with van der Waals surface area (Å²) in [6.45, 7) is 0. The summed E-state index contributed by atoms with van der Waals surface area (Å²) >= 11 is 0. The molecule has 0 aromatic rings. The van der Waals surface area contributed by atoms with Crippen molar-refractivity contribution in [3.63, 3.8) is 0 Å². The van der Waals surface area contributed by atoms with Crippen LogP contribution in [0.15, 0.2) is 0 Å². The minimum Gasteiger partial charge on any atom is -0.400 e. The molecule has 0 aliphatic rings. The van der Waals surface area contributed by atoms with Crippen LogP contribution < -0.4 is 0 Å². The molecule has 6 heteroatoms. The molecule has 0 amide bonds. The second-order valence-electron chi connectivity index (χ2n) is 0.638. The van der Waals surface area contributed by atoms with Crippen LogP contribution >= 0.6 is 0 Å². The van der Waals surface area contributed by atoms with E-state index in [1.54, 1.807) is 0 Å². The van der Waals surface area contributed by atoms with Crippen molar-refractivity contribution in [3.05, 3.63) is 0 Å². The molecule has 0 aromatic carbocycles. The van der Waals surface area contributed by atoms with E-state index >= 15 is 0 Å². The van der Waals surface area contributed by atoms with Crippen molar-refractivity contribution in [3.8, 4) is 0 Å². The highest BCUT2D eigenvalue weighted by Gasteiger charge is 1.87. The molecule has 0 aliphatic heterocycles. The average molecular weight is 182 g/mol. The number of Topliss-reactive ketones (excluding diaryl/α,β-unsaturated/α-hetero) is 1. The summed E-state index contributed by atoms with van der Waals surface area (Å²) in [7, 11) is 3.00. The van der Waals surface area contributed by atoms with E-state index in [0.717, 1.165) is 21.3 Å². The Balaban J connectivity index is -0.0000000453. The molecular weight excluding hydrogens is 168 g/mol. The fourth-order valence-corrected chi connectivity index (χ4v) is 0.0278. The van der Waals surface area contributed by atoms with Gasteiger partial charge in [-0.2, -0.15) is 0 Å². The van der Waals surface area contributed by atoms with Crippen LogP contribution in [0.4, 0.5) is 0 Å². The van der Waals surface area contributed by atoms with Gasteiger partial charge in [-0.3, -0.25) is 14.4 Å². The highest BCUT2D eigenvalue weighted by atomic mass is 16.2. The topological polar surface area (TPSA) is 112 Å². The van der Waals surface area contributed by atoms with Crippen LogP contribution in [0.2, 0.25) is 0 Å². The first-order chi connectivity index (χ1) is 5.81. The molecule has 74 valence electrons. The van der Waals surface area contributed by atoms with Crippen molar-refractivity contribution in [2.45, 2.75) is 0 Å². The monoisotopic (exact) mass is 182 g/mol. The lowest BCUT2D eigenvalue weighted by Gasteiger charge is -1.58. The molecule has 0 aromatic heterocycles. The van der Waals surface area contributed by atoms with E-state index in [2.05, 4.69) is 0 Å². The molecule has 0 spiro atoms. The first-order valence-corrected chi connectivity index (χ1v) is 2.59. The van der Waals surface area contributed by atoms with Crippen molar-refractivity contribution < 1.29 is 29.7 Å². The number of hydrogen-bond acceptors (Lipinski definition) is 6. The zero-order chi connectivity index (χ0) is 11.0. The second-order valence-corrected chi connectivity index (χ2v) is 0.638. The van der Waals surface area contributed by atoms with E-state index < -0.39 is 5.78 Å². The van der Waals surface area contributed by atoms with Gasteiger partial charge < -0.3 is 15.3 Å². The molecule has 0 saturated heterocycles. The molecule has 0 atom stereocenters. The fraction of sp³-hybridized carbons (Fsp3) is 0.500. The van der Waals surface area contributed by atoms with Gasteiger partial charge in [0.15, 0.2) is 12.6 Å². The lowest BCUT2D eigenvalue weighted by molar-refractivity contribution is -0.135. The Morgan fingerprint density at radius 3 is 1.00 bits per heavy atom. The van der Waals surface area contributed by atoms with E-state index in [9.17, 15) is 4.79 Å². The summed E-state index contributed by atoms with van der Waals surface area (Å²) in [6, 6.07) is 0. The van der Waals surface area contributed by atoms with E-state index in [1.807, 2.05) is 0 Å². The van der Waals surface area contributed by atoms with Gasteiger partial charge in [0.25, 0.3) is 5.78 Å². The molecule has 0 rings (SSSR count). The molecule has 6 nitrogen and oxygen atoms in total. The van der Waals surface area contributed by atoms with Gasteiger partial charge in [-0.15, -0.1) is 0 Å². The van der Waals surface area contributed by atoms with Gasteiger partial charge in [0.05, 0.1) is 0 Å². The molecule has 0 fully saturated rings. The van der Waals surface area contributed by atoms with Crippen LogP contribution in [0.25, 0.3) is 0 Å². The maximum absolute atomic E-state index is 9.44.